The average molecular weight is 468 g/mol. The summed E-state index contributed by atoms with van der Waals surface area (Å²) in [6.07, 6.45) is 5.58. The van der Waals surface area contributed by atoms with Gasteiger partial charge in [0, 0.05) is 22.4 Å². The van der Waals surface area contributed by atoms with Crippen molar-refractivity contribution < 1.29 is 14.3 Å². The highest BCUT2D eigenvalue weighted by molar-refractivity contribution is 7.12. The molecule has 0 saturated carbocycles. The molecule has 2 N–H and O–H groups in total. The van der Waals surface area contributed by atoms with Crippen LogP contribution in [0.2, 0.25) is 0 Å². The van der Waals surface area contributed by atoms with Gasteiger partial charge in [-0.05, 0) is 43.0 Å². The SMILES string of the molecule is C/C=C(/C(=O)OCC)c1scc(COc2cccc(-c3nnn(C)n3)c2)c1/C(N)=C/CCC. The van der Waals surface area contributed by atoms with E-state index in [0.717, 1.165) is 34.4 Å². The number of tetrazole rings is 1. The quantitative estimate of drug-likeness (QED) is 0.343. The molecule has 0 bridgehead atoms. The molecule has 33 heavy (non-hydrogen) atoms. The number of nitrogens with two attached hydrogens (primary N) is 1. The van der Waals surface area contributed by atoms with Crippen molar-refractivity contribution in [2.24, 2.45) is 12.8 Å². The Morgan fingerprint density at radius 3 is 2.79 bits per heavy atom. The molecule has 0 radical (unpaired) electrons. The summed E-state index contributed by atoms with van der Waals surface area (Å²) in [7, 11) is 1.72. The fraction of sp³-hybridized carbons (Fsp3) is 0.333. The first-order chi connectivity index (χ1) is 16.0. The molecule has 0 aliphatic rings. The van der Waals surface area contributed by atoms with Gasteiger partial charge >= 0.3 is 5.97 Å². The lowest BCUT2D eigenvalue weighted by Gasteiger charge is -2.12. The lowest BCUT2D eigenvalue weighted by atomic mass is 10.0. The summed E-state index contributed by atoms with van der Waals surface area (Å²) in [4.78, 5) is 14.7. The second-order valence-electron chi connectivity index (χ2n) is 7.26. The fourth-order valence-electron chi connectivity index (χ4n) is 3.25. The third-order valence-corrected chi connectivity index (χ3v) is 5.89. The molecule has 0 fully saturated rings. The van der Waals surface area contributed by atoms with Gasteiger partial charge in [-0.3, -0.25) is 0 Å². The van der Waals surface area contributed by atoms with Crippen LogP contribution >= 0.6 is 11.3 Å². The number of hydrogen-bond donors (Lipinski definition) is 1. The summed E-state index contributed by atoms with van der Waals surface area (Å²) in [6, 6.07) is 7.53. The van der Waals surface area contributed by atoms with Gasteiger partial charge in [-0.25, -0.2) is 4.79 Å². The van der Waals surface area contributed by atoms with Crippen molar-refractivity contribution in [2.75, 3.05) is 6.61 Å². The van der Waals surface area contributed by atoms with Crippen molar-refractivity contribution in [1.29, 1.82) is 0 Å². The number of esters is 1. The van der Waals surface area contributed by atoms with Crippen molar-refractivity contribution in [3.63, 3.8) is 0 Å². The Morgan fingerprint density at radius 1 is 1.30 bits per heavy atom. The normalized spacial score (nSPS) is 12.1. The number of benzene rings is 1. The van der Waals surface area contributed by atoms with Crippen LogP contribution < -0.4 is 10.5 Å². The Labute approximate surface area is 197 Å². The number of aryl methyl sites for hydroxylation is 1. The molecule has 0 spiro atoms. The van der Waals surface area contributed by atoms with Crippen LogP contribution in [0.3, 0.4) is 0 Å². The van der Waals surface area contributed by atoms with Crippen molar-refractivity contribution in [1.82, 2.24) is 20.2 Å². The third kappa shape index (κ3) is 5.87. The summed E-state index contributed by atoms with van der Waals surface area (Å²) in [5.41, 5.74) is 10.2. The van der Waals surface area contributed by atoms with Gasteiger partial charge in [0.25, 0.3) is 0 Å². The topological polar surface area (TPSA) is 105 Å². The summed E-state index contributed by atoms with van der Waals surface area (Å²) < 4.78 is 11.3. The van der Waals surface area contributed by atoms with Crippen LogP contribution in [0.15, 0.2) is 41.8 Å². The molecule has 8 nitrogen and oxygen atoms in total. The number of hydrogen-bond acceptors (Lipinski definition) is 8. The Hall–Kier alpha value is -3.46. The van der Waals surface area contributed by atoms with Crippen LogP contribution in [-0.4, -0.2) is 32.8 Å². The number of unbranched alkanes of at least 4 members (excludes halogenated alkanes) is 1. The Balaban J connectivity index is 1.90. The minimum absolute atomic E-state index is 0.295. The molecule has 0 unspecified atom stereocenters. The molecule has 0 atom stereocenters. The van der Waals surface area contributed by atoms with Crippen LogP contribution in [0, 0.1) is 0 Å². The summed E-state index contributed by atoms with van der Waals surface area (Å²) in [6.45, 7) is 6.32. The average Bonchev–Trinajstić information content (AvgIpc) is 3.43. The first-order valence-electron chi connectivity index (χ1n) is 10.9. The predicted octanol–water partition coefficient (Wildman–Crippen LogP) is 4.58. The minimum Gasteiger partial charge on any atom is -0.489 e. The van der Waals surface area contributed by atoms with Crippen LogP contribution in [0.5, 0.6) is 5.75 Å². The molecular weight excluding hydrogens is 438 g/mol. The van der Waals surface area contributed by atoms with E-state index >= 15 is 0 Å². The van der Waals surface area contributed by atoms with Gasteiger partial charge in [-0.15, -0.1) is 21.5 Å². The predicted molar refractivity (Wildman–Crippen MR) is 130 cm³/mol. The van der Waals surface area contributed by atoms with Gasteiger partial charge in [0.1, 0.15) is 12.4 Å². The Bertz CT molecular complexity index is 1160. The zero-order chi connectivity index (χ0) is 23.8. The van der Waals surface area contributed by atoms with Crippen LogP contribution in [0.4, 0.5) is 0 Å². The standard InChI is InChI=1S/C24H29N5O3S/c1-5-8-12-20(25)21-17(15-33-22(21)19(6-2)24(30)31-7-3)14-32-18-11-9-10-16(13-18)23-26-28-29(4)27-23/h6,9-13,15H,5,7-8,14,25H2,1-4H3/b19-6+,20-12-. The molecule has 9 heteroatoms. The van der Waals surface area contributed by atoms with E-state index in [1.54, 1.807) is 20.0 Å². The van der Waals surface area contributed by atoms with Gasteiger partial charge in [0.05, 0.1) is 24.1 Å². The monoisotopic (exact) mass is 467 g/mol. The maximum absolute atomic E-state index is 12.5. The minimum atomic E-state index is -0.358. The number of thiophene rings is 1. The number of rotatable bonds is 10. The van der Waals surface area contributed by atoms with Crippen molar-refractivity contribution in [3.05, 3.63) is 57.8 Å². The van der Waals surface area contributed by atoms with E-state index in [-0.39, 0.29) is 5.97 Å². The van der Waals surface area contributed by atoms with Gasteiger partial charge < -0.3 is 15.2 Å². The lowest BCUT2D eigenvalue weighted by molar-refractivity contribution is -0.136. The molecular formula is C24H29N5O3S. The van der Waals surface area contributed by atoms with Gasteiger partial charge in [-0.1, -0.05) is 37.6 Å². The maximum atomic E-state index is 12.5. The summed E-state index contributed by atoms with van der Waals surface area (Å²) >= 11 is 1.46. The second kappa shape index (κ2) is 11.4. The molecule has 0 amide bonds. The van der Waals surface area contributed by atoms with Gasteiger partial charge in [0.2, 0.25) is 5.82 Å². The molecule has 0 aliphatic carbocycles. The van der Waals surface area contributed by atoms with E-state index in [1.807, 2.05) is 42.6 Å². The van der Waals surface area contributed by atoms with Crippen molar-refractivity contribution >= 4 is 28.6 Å². The van der Waals surface area contributed by atoms with Gasteiger partial charge in [0.15, 0.2) is 0 Å². The number of carbonyl (C=O) groups excluding carboxylic acids is 1. The Kier molecular flexibility index (Phi) is 8.37. The molecule has 0 aliphatic heterocycles. The van der Waals surface area contributed by atoms with E-state index in [1.165, 1.54) is 16.1 Å². The fourth-order valence-corrected chi connectivity index (χ4v) is 4.39. The molecule has 1 aromatic carbocycles. The maximum Gasteiger partial charge on any atom is 0.339 e. The van der Waals surface area contributed by atoms with Crippen molar-refractivity contribution in [2.45, 2.75) is 40.2 Å². The van der Waals surface area contributed by atoms with E-state index in [4.69, 9.17) is 15.2 Å². The van der Waals surface area contributed by atoms with E-state index in [2.05, 4.69) is 22.3 Å². The molecule has 3 rings (SSSR count). The highest BCUT2D eigenvalue weighted by Gasteiger charge is 2.22. The zero-order valence-electron chi connectivity index (χ0n) is 19.4. The molecule has 174 valence electrons. The number of carbonyl (C=O) groups is 1. The first-order valence-corrected chi connectivity index (χ1v) is 11.7. The Morgan fingerprint density at radius 2 is 2.12 bits per heavy atom. The lowest BCUT2D eigenvalue weighted by Crippen LogP contribution is -2.09. The molecule has 2 heterocycles. The first kappa shape index (κ1) is 24.2. The number of allylic oxidation sites excluding steroid dienone is 2. The smallest absolute Gasteiger partial charge is 0.339 e. The molecule has 0 saturated heterocycles. The number of aromatic nitrogens is 4. The zero-order valence-corrected chi connectivity index (χ0v) is 20.2. The van der Waals surface area contributed by atoms with Crippen LogP contribution in [0.1, 0.15) is 49.6 Å². The summed E-state index contributed by atoms with van der Waals surface area (Å²) in [5.74, 6) is 0.842. The van der Waals surface area contributed by atoms with E-state index in [9.17, 15) is 4.79 Å². The third-order valence-electron chi connectivity index (χ3n) is 4.83. The van der Waals surface area contributed by atoms with Crippen LogP contribution in [0.25, 0.3) is 22.7 Å². The second-order valence-corrected chi connectivity index (χ2v) is 8.13. The van der Waals surface area contributed by atoms with E-state index in [0.29, 0.717) is 36.1 Å². The molecule has 2 aromatic heterocycles. The van der Waals surface area contributed by atoms with E-state index < -0.39 is 0 Å². The number of nitrogens with zero attached hydrogens (tertiary/aromatic N) is 4. The number of ether oxygens (including phenoxy) is 2. The largest absolute Gasteiger partial charge is 0.489 e. The highest BCUT2D eigenvalue weighted by Crippen LogP contribution is 2.35. The molecule has 3 aromatic rings. The van der Waals surface area contributed by atoms with Crippen molar-refractivity contribution in [3.8, 4) is 17.1 Å². The highest BCUT2D eigenvalue weighted by atomic mass is 32.1. The summed E-state index contributed by atoms with van der Waals surface area (Å²) in [5, 5.41) is 14.1. The van der Waals surface area contributed by atoms with Gasteiger partial charge in [-0.2, -0.15) is 4.80 Å². The van der Waals surface area contributed by atoms with Crippen LogP contribution in [-0.2, 0) is 23.2 Å².